The predicted molar refractivity (Wildman–Crippen MR) is 31.9 cm³/mol. The van der Waals surface area contributed by atoms with E-state index in [1.807, 2.05) is 5.10 Å². The minimum absolute atomic E-state index is 0.615. The van der Waals surface area contributed by atoms with E-state index in [1.165, 1.54) is 0 Å². The summed E-state index contributed by atoms with van der Waals surface area (Å²) in [5.74, 6) is -0.644. The van der Waals surface area contributed by atoms with Gasteiger partial charge in [-0.1, -0.05) is 0 Å². The summed E-state index contributed by atoms with van der Waals surface area (Å²) in [6.45, 7) is -3.11. The Balaban J connectivity index is 2.84. The van der Waals surface area contributed by atoms with Crippen molar-refractivity contribution in [1.82, 2.24) is 10.2 Å². The molecule has 8 heteroatoms. The van der Waals surface area contributed by atoms with E-state index in [0.29, 0.717) is 0 Å². The summed E-state index contributed by atoms with van der Waals surface area (Å²) in [5.41, 5.74) is -0.615. The van der Waals surface area contributed by atoms with Gasteiger partial charge in [0.15, 0.2) is 0 Å². The summed E-state index contributed by atoms with van der Waals surface area (Å²) in [6.07, 6.45) is 0.789. The lowest BCUT2D eigenvalue weighted by atomic mass is 10.6. The molecule has 0 amide bonds. The fraction of sp³-hybridized carbons (Fsp3) is 0.250. The van der Waals surface area contributed by atoms with E-state index in [2.05, 4.69) is 9.84 Å². The summed E-state index contributed by atoms with van der Waals surface area (Å²) in [6, 6.07) is 0. The summed E-state index contributed by atoms with van der Waals surface area (Å²) >= 11 is 0. The van der Waals surface area contributed by atoms with Crippen LogP contribution in [0.15, 0.2) is 6.20 Å². The third-order valence-corrected chi connectivity index (χ3v) is 0.989. The Kier molecular flexibility index (Phi) is 2.17. The second-order valence-electron chi connectivity index (χ2n) is 1.72. The molecule has 1 rings (SSSR count). The van der Waals surface area contributed by atoms with Gasteiger partial charge in [0.2, 0.25) is 0 Å². The van der Waals surface area contributed by atoms with Crippen LogP contribution in [0.1, 0.15) is 0 Å². The van der Waals surface area contributed by atoms with E-state index < -0.39 is 23.1 Å². The van der Waals surface area contributed by atoms with Gasteiger partial charge in [-0.25, -0.2) is 5.10 Å². The lowest BCUT2D eigenvalue weighted by Gasteiger charge is -1.98. The maximum absolute atomic E-state index is 11.5. The molecule has 0 saturated heterocycles. The molecule has 1 heterocycles. The number of alkyl halides is 2. The Hall–Kier alpha value is -1.73. The topological polar surface area (TPSA) is 81.0 Å². The molecule has 0 radical (unpaired) electrons. The highest BCUT2D eigenvalue weighted by Gasteiger charge is 2.20. The maximum atomic E-state index is 11.5. The molecule has 1 aromatic heterocycles. The van der Waals surface area contributed by atoms with E-state index in [9.17, 15) is 18.9 Å². The molecule has 66 valence electrons. The smallest absolute Gasteiger partial charge is 0.388 e. The van der Waals surface area contributed by atoms with Crippen LogP contribution in [0.3, 0.4) is 0 Å². The van der Waals surface area contributed by atoms with Crippen molar-refractivity contribution in [3.63, 3.8) is 0 Å². The van der Waals surface area contributed by atoms with Crippen molar-refractivity contribution in [2.45, 2.75) is 6.61 Å². The number of hydrogen-bond donors (Lipinski definition) is 1. The van der Waals surface area contributed by atoms with Crippen LogP contribution in [-0.4, -0.2) is 21.7 Å². The minimum Gasteiger partial charge on any atom is -0.411 e. The number of ether oxygens (including phenoxy) is 1. The summed E-state index contributed by atoms with van der Waals surface area (Å²) in [5, 5.41) is 15.2. The van der Waals surface area contributed by atoms with Crippen molar-refractivity contribution in [2.24, 2.45) is 0 Å². The number of nitrogens with one attached hydrogen (secondary N) is 1. The van der Waals surface area contributed by atoms with Gasteiger partial charge in [0, 0.05) is 0 Å². The highest BCUT2D eigenvalue weighted by Crippen LogP contribution is 2.23. The molecule has 0 aliphatic rings. The molecule has 0 fully saturated rings. The molecule has 0 spiro atoms. The summed E-state index contributed by atoms with van der Waals surface area (Å²) in [4.78, 5) is 9.21. The fourth-order valence-electron chi connectivity index (χ4n) is 0.574. The van der Waals surface area contributed by atoms with Crippen molar-refractivity contribution in [3.8, 4) is 5.88 Å². The van der Waals surface area contributed by atoms with Crippen LogP contribution in [-0.2, 0) is 0 Å². The van der Waals surface area contributed by atoms with Crippen molar-refractivity contribution in [2.75, 3.05) is 0 Å². The van der Waals surface area contributed by atoms with E-state index in [4.69, 9.17) is 0 Å². The zero-order valence-corrected chi connectivity index (χ0v) is 5.53. The molecular weight excluding hydrogens is 176 g/mol. The van der Waals surface area contributed by atoms with Crippen LogP contribution >= 0.6 is 0 Å². The van der Waals surface area contributed by atoms with Gasteiger partial charge in [0.25, 0.3) is 5.88 Å². The van der Waals surface area contributed by atoms with Crippen LogP contribution in [0.5, 0.6) is 5.88 Å². The van der Waals surface area contributed by atoms with Crippen LogP contribution < -0.4 is 4.74 Å². The number of nitro groups is 1. The Morgan fingerprint density at radius 2 is 2.42 bits per heavy atom. The standard InChI is InChI=1S/C4H3F2N3O3/c5-4(6)12-3-2(9(10)11)1-7-8-3/h1,4H,(H,7,8). The molecule has 0 aliphatic carbocycles. The molecule has 0 unspecified atom stereocenters. The normalized spacial score (nSPS) is 10.2. The number of aromatic amines is 1. The van der Waals surface area contributed by atoms with Gasteiger partial charge in [-0.15, -0.1) is 0 Å². The van der Waals surface area contributed by atoms with Gasteiger partial charge < -0.3 is 4.74 Å². The molecule has 0 bridgehead atoms. The average Bonchev–Trinajstić information content (AvgIpc) is 2.33. The van der Waals surface area contributed by atoms with E-state index >= 15 is 0 Å². The first-order valence-electron chi connectivity index (χ1n) is 2.74. The molecule has 0 atom stereocenters. The number of aromatic nitrogens is 2. The average molecular weight is 179 g/mol. The molecule has 0 aliphatic heterocycles. The Labute approximate surface area is 64.3 Å². The fourth-order valence-corrected chi connectivity index (χ4v) is 0.574. The van der Waals surface area contributed by atoms with Crippen molar-refractivity contribution < 1.29 is 18.4 Å². The molecule has 0 aromatic carbocycles. The van der Waals surface area contributed by atoms with E-state index in [-0.39, 0.29) is 0 Å². The number of rotatable bonds is 3. The molecule has 12 heavy (non-hydrogen) atoms. The second kappa shape index (κ2) is 3.11. The van der Waals surface area contributed by atoms with Gasteiger partial charge in [-0.3, -0.25) is 10.1 Å². The van der Waals surface area contributed by atoms with Gasteiger partial charge in [0.05, 0.1) is 4.92 Å². The first kappa shape index (κ1) is 8.37. The third kappa shape index (κ3) is 1.65. The van der Waals surface area contributed by atoms with Gasteiger partial charge in [-0.05, 0) is 0 Å². The highest BCUT2D eigenvalue weighted by molar-refractivity contribution is 5.37. The Morgan fingerprint density at radius 1 is 1.75 bits per heavy atom. The van der Waals surface area contributed by atoms with Crippen molar-refractivity contribution in [1.29, 1.82) is 0 Å². The lowest BCUT2D eigenvalue weighted by Crippen LogP contribution is -2.03. The monoisotopic (exact) mass is 179 g/mol. The van der Waals surface area contributed by atoms with Crippen LogP contribution in [0.25, 0.3) is 0 Å². The van der Waals surface area contributed by atoms with E-state index in [0.717, 1.165) is 6.20 Å². The van der Waals surface area contributed by atoms with Gasteiger partial charge in [-0.2, -0.15) is 13.9 Å². The number of hydrogen-bond acceptors (Lipinski definition) is 4. The largest absolute Gasteiger partial charge is 0.411 e. The zero-order valence-electron chi connectivity index (χ0n) is 5.53. The molecule has 0 saturated carbocycles. The van der Waals surface area contributed by atoms with Crippen molar-refractivity contribution >= 4 is 5.69 Å². The number of halogens is 2. The van der Waals surface area contributed by atoms with Crippen LogP contribution in [0.4, 0.5) is 14.5 Å². The van der Waals surface area contributed by atoms with E-state index in [1.54, 1.807) is 0 Å². The molecule has 6 nitrogen and oxygen atoms in total. The Morgan fingerprint density at radius 3 is 2.92 bits per heavy atom. The quantitative estimate of drug-likeness (QED) is 0.552. The molecule has 1 N–H and O–H groups in total. The van der Waals surface area contributed by atoms with Crippen LogP contribution in [0.2, 0.25) is 0 Å². The second-order valence-corrected chi connectivity index (χ2v) is 1.72. The predicted octanol–water partition coefficient (Wildman–Crippen LogP) is 0.919. The van der Waals surface area contributed by atoms with Gasteiger partial charge in [0.1, 0.15) is 6.20 Å². The Bertz CT molecular complexity index is 287. The van der Waals surface area contributed by atoms with Gasteiger partial charge >= 0.3 is 12.3 Å². The summed E-state index contributed by atoms with van der Waals surface area (Å²) in [7, 11) is 0. The summed E-state index contributed by atoms with van der Waals surface area (Å²) < 4.78 is 26.9. The lowest BCUT2D eigenvalue weighted by molar-refractivity contribution is -0.386. The first-order chi connectivity index (χ1) is 5.61. The third-order valence-electron chi connectivity index (χ3n) is 0.989. The first-order valence-corrected chi connectivity index (χ1v) is 2.74. The SMILES string of the molecule is O=[N+]([O-])c1cn[nH]c1OC(F)F. The number of nitrogens with zero attached hydrogens (tertiary/aromatic N) is 2. The molecular formula is C4H3F2N3O3. The maximum Gasteiger partial charge on any atom is 0.388 e. The number of H-pyrrole nitrogens is 1. The minimum atomic E-state index is -3.11. The zero-order chi connectivity index (χ0) is 9.14. The van der Waals surface area contributed by atoms with Crippen molar-refractivity contribution in [3.05, 3.63) is 16.3 Å². The van der Waals surface area contributed by atoms with Crippen LogP contribution in [0, 0.1) is 10.1 Å². The highest BCUT2D eigenvalue weighted by atomic mass is 19.3. The molecule has 1 aromatic rings.